The Morgan fingerprint density at radius 2 is 1.71 bits per heavy atom. The van der Waals surface area contributed by atoms with Crippen molar-refractivity contribution in [1.29, 1.82) is 0 Å². The molecular formula is C15H23NO. The van der Waals surface area contributed by atoms with Crippen LogP contribution in [-0.2, 0) is 0 Å². The second kappa shape index (κ2) is 4.69. The van der Waals surface area contributed by atoms with Gasteiger partial charge in [0.15, 0.2) is 0 Å². The van der Waals surface area contributed by atoms with Gasteiger partial charge in [0, 0.05) is 6.54 Å². The highest BCUT2D eigenvalue weighted by molar-refractivity contribution is 5.45. The van der Waals surface area contributed by atoms with E-state index in [1.807, 2.05) is 0 Å². The van der Waals surface area contributed by atoms with Gasteiger partial charge in [0.05, 0.1) is 0 Å². The molecule has 0 saturated heterocycles. The molecule has 94 valence electrons. The van der Waals surface area contributed by atoms with Gasteiger partial charge in [-0.2, -0.15) is 0 Å². The molecule has 0 amide bonds. The predicted octanol–water partition coefficient (Wildman–Crippen LogP) is 3.26. The van der Waals surface area contributed by atoms with Gasteiger partial charge < -0.3 is 10.5 Å². The minimum atomic E-state index is -0.108. The molecule has 2 rings (SSSR count). The van der Waals surface area contributed by atoms with E-state index in [1.165, 1.54) is 29.5 Å². The zero-order valence-corrected chi connectivity index (χ0v) is 11.2. The van der Waals surface area contributed by atoms with E-state index in [9.17, 15) is 0 Å². The first-order valence-electron chi connectivity index (χ1n) is 6.54. The Labute approximate surface area is 104 Å². The molecule has 1 fully saturated rings. The van der Waals surface area contributed by atoms with Crippen LogP contribution in [0.15, 0.2) is 12.1 Å². The number of nitrogens with two attached hydrogens (primary N) is 1. The van der Waals surface area contributed by atoms with Crippen molar-refractivity contribution in [2.24, 2.45) is 5.73 Å². The van der Waals surface area contributed by atoms with Gasteiger partial charge in [-0.05, 0) is 63.1 Å². The number of benzene rings is 1. The highest BCUT2D eigenvalue weighted by Crippen LogP contribution is 2.37. The van der Waals surface area contributed by atoms with E-state index in [2.05, 4.69) is 32.9 Å². The molecule has 2 nitrogen and oxygen atoms in total. The second-order valence-electron chi connectivity index (χ2n) is 5.35. The molecule has 0 bridgehead atoms. The van der Waals surface area contributed by atoms with Gasteiger partial charge in [-0.15, -0.1) is 0 Å². The Bertz CT molecular complexity index is 406. The molecule has 2 N–H and O–H groups in total. The van der Waals surface area contributed by atoms with Gasteiger partial charge in [-0.3, -0.25) is 0 Å². The van der Waals surface area contributed by atoms with Crippen LogP contribution in [0.3, 0.4) is 0 Å². The molecule has 1 aromatic carbocycles. The fraction of sp³-hybridized carbons (Fsp3) is 0.600. The Hall–Kier alpha value is -1.02. The van der Waals surface area contributed by atoms with E-state index >= 15 is 0 Å². The van der Waals surface area contributed by atoms with Crippen molar-refractivity contribution < 1.29 is 4.74 Å². The lowest BCUT2D eigenvalue weighted by molar-refractivity contribution is 0.0835. The van der Waals surface area contributed by atoms with Crippen LogP contribution in [0.25, 0.3) is 0 Å². The van der Waals surface area contributed by atoms with Crippen LogP contribution in [0.2, 0.25) is 0 Å². The van der Waals surface area contributed by atoms with Crippen molar-refractivity contribution in [1.82, 2.24) is 0 Å². The summed E-state index contributed by atoms with van der Waals surface area (Å²) >= 11 is 0. The third-order valence-electron chi connectivity index (χ3n) is 4.08. The average Bonchev–Trinajstić information content (AvgIpc) is 2.79. The number of rotatable bonds is 3. The van der Waals surface area contributed by atoms with E-state index < -0.39 is 0 Å². The molecule has 1 saturated carbocycles. The third-order valence-corrected chi connectivity index (χ3v) is 4.08. The summed E-state index contributed by atoms with van der Waals surface area (Å²) in [6, 6.07) is 4.29. The number of aryl methyl sites for hydroxylation is 2. The maximum Gasteiger partial charge on any atom is 0.126 e. The van der Waals surface area contributed by atoms with Crippen molar-refractivity contribution in [2.45, 2.75) is 52.1 Å². The molecular weight excluding hydrogens is 210 g/mol. The summed E-state index contributed by atoms with van der Waals surface area (Å²) in [4.78, 5) is 0. The van der Waals surface area contributed by atoms with Crippen LogP contribution in [-0.4, -0.2) is 12.1 Å². The average molecular weight is 233 g/mol. The lowest BCUT2D eigenvalue weighted by Crippen LogP contribution is -2.41. The number of hydrogen-bond acceptors (Lipinski definition) is 2. The van der Waals surface area contributed by atoms with Crippen LogP contribution in [0.5, 0.6) is 5.75 Å². The first kappa shape index (κ1) is 12.4. The van der Waals surface area contributed by atoms with Gasteiger partial charge in [0.1, 0.15) is 11.4 Å². The van der Waals surface area contributed by atoms with E-state index in [0.29, 0.717) is 6.54 Å². The molecule has 1 aliphatic rings. The molecule has 0 unspecified atom stereocenters. The third kappa shape index (κ3) is 2.32. The molecule has 0 aliphatic heterocycles. The zero-order chi connectivity index (χ0) is 12.5. The van der Waals surface area contributed by atoms with Crippen LogP contribution in [0, 0.1) is 20.8 Å². The minimum Gasteiger partial charge on any atom is -0.485 e. The van der Waals surface area contributed by atoms with Crippen molar-refractivity contribution in [3.8, 4) is 5.75 Å². The molecule has 1 aliphatic carbocycles. The summed E-state index contributed by atoms with van der Waals surface area (Å²) in [6.07, 6.45) is 4.66. The molecule has 1 aromatic rings. The first-order valence-corrected chi connectivity index (χ1v) is 6.54. The topological polar surface area (TPSA) is 35.2 Å². The molecule has 0 aromatic heterocycles. The summed E-state index contributed by atoms with van der Waals surface area (Å²) in [5.41, 5.74) is 9.58. The maximum absolute atomic E-state index is 6.33. The molecule has 0 heterocycles. The van der Waals surface area contributed by atoms with E-state index in [4.69, 9.17) is 10.5 Å². The fourth-order valence-electron chi connectivity index (χ4n) is 2.67. The fourth-order valence-corrected chi connectivity index (χ4v) is 2.67. The Balaban J connectivity index is 2.32. The number of ether oxygens (including phenoxy) is 1. The normalized spacial score (nSPS) is 18.4. The number of hydrogen-bond donors (Lipinski definition) is 1. The van der Waals surface area contributed by atoms with Gasteiger partial charge in [-0.1, -0.05) is 12.1 Å². The Morgan fingerprint density at radius 3 is 2.29 bits per heavy atom. The van der Waals surface area contributed by atoms with Crippen LogP contribution >= 0.6 is 0 Å². The zero-order valence-electron chi connectivity index (χ0n) is 11.2. The lowest BCUT2D eigenvalue weighted by atomic mass is 10.0. The van der Waals surface area contributed by atoms with E-state index in [-0.39, 0.29) is 5.60 Å². The highest BCUT2D eigenvalue weighted by atomic mass is 16.5. The van der Waals surface area contributed by atoms with Gasteiger partial charge in [0.2, 0.25) is 0 Å². The molecule has 2 heteroatoms. The van der Waals surface area contributed by atoms with Crippen LogP contribution in [0.4, 0.5) is 0 Å². The molecule has 0 radical (unpaired) electrons. The highest BCUT2D eigenvalue weighted by Gasteiger charge is 2.35. The van der Waals surface area contributed by atoms with Gasteiger partial charge in [-0.25, -0.2) is 0 Å². The van der Waals surface area contributed by atoms with Crippen molar-refractivity contribution >= 4 is 0 Å². The molecule has 0 atom stereocenters. The van der Waals surface area contributed by atoms with Crippen molar-refractivity contribution in [3.63, 3.8) is 0 Å². The smallest absolute Gasteiger partial charge is 0.126 e. The standard InChI is InChI=1S/C15H23NO/c1-11-6-7-12(2)14(13(11)3)17-15(10-16)8-4-5-9-15/h6-7H,4-5,8-10,16H2,1-3H3. The monoisotopic (exact) mass is 233 g/mol. The van der Waals surface area contributed by atoms with E-state index in [0.717, 1.165) is 18.6 Å². The quantitative estimate of drug-likeness (QED) is 0.869. The lowest BCUT2D eigenvalue weighted by Gasteiger charge is -2.31. The Kier molecular flexibility index (Phi) is 3.43. The molecule has 0 spiro atoms. The maximum atomic E-state index is 6.33. The largest absolute Gasteiger partial charge is 0.485 e. The minimum absolute atomic E-state index is 0.108. The van der Waals surface area contributed by atoms with Gasteiger partial charge >= 0.3 is 0 Å². The summed E-state index contributed by atoms with van der Waals surface area (Å²) in [6.45, 7) is 7.00. The van der Waals surface area contributed by atoms with Crippen molar-refractivity contribution in [3.05, 3.63) is 28.8 Å². The van der Waals surface area contributed by atoms with Gasteiger partial charge in [0.25, 0.3) is 0 Å². The van der Waals surface area contributed by atoms with Crippen molar-refractivity contribution in [2.75, 3.05) is 6.54 Å². The molecule has 17 heavy (non-hydrogen) atoms. The first-order chi connectivity index (χ1) is 8.08. The summed E-state index contributed by atoms with van der Waals surface area (Å²) in [7, 11) is 0. The van der Waals surface area contributed by atoms with Crippen LogP contribution in [0.1, 0.15) is 42.4 Å². The Morgan fingerprint density at radius 1 is 1.12 bits per heavy atom. The summed E-state index contributed by atoms with van der Waals surface area (Å²) < 4.78 is 6.33. The summed E-state index contributed by atoms with van der Waals surface area (Å²) in [5.74, 6) is 1.05. The predicted molar refractivity (Wildman–Crippen MR) is 71.5 cm³/mol. The van der Waals surface area contributed by atoms with E-state index in [1.54, 1.807) is 0 Å². The summed E-state index contributed by atoms with van der Waals surface area (Å²) in [5, 5.41) is 0. The SMILES string of the molecule is Cc1ccc(C)c(OC2(CN)CCCC2)c1C. The van der Waals surface area contributed by atoms with Crippen LogP contribution < -0.4 is 10.5 Å². The second-order valence-corrected chi connectivity index (χ2v) is 5.35.